The van der Waals surface area contributed by atoms with Gasteiger partial charge in [0.05, 0.1) is 57.5 Å². The maximum Gasteiger partial charge on any atom is 0.186 e. The molecule has 0 fully saturated rings. The first kappa shape index (κ1) is 22.7. The molecule has 5 unspecified atom stereocenters. The maximum atomic E-state index is 9.37. The molecule has 0 aromatic heterocycles. The normalized spacial score (nSPS) is 19.8. The van der Waals surface area contributed by atoms with Gasteiger partial charge in [-0.1, -0.05) is 0 Å². The summed E-state index contributed by atoms with van der Waals surface area (Å²) in [7, 11) is 0. The van der Waals surface area contributed by atoms with Gasteiger partial charge in [0.2, 0.25) is 0 Å². The highest BCUT2D eigenvalue weighted by molar-refractivity contribution is 4.66. The lowest BCUT2D eigenvalue weighted by Gasteiger charge is -2.29. The Kier molecular flexibility index (Phi) is 12.8. The molecule has 8 nitrogen and oxygen atoms in total. The minimum Gasteiger partial charge on any atom is -0.391 e. The number of ether oxygens (including phenoxy) is 4. The molecule has 0 aliphatic rings. The Morgan fingerprint density at radius 1 is 0.565 bits per heavy atom. The second kappa shape index (κ2) is 13.0. The topological polar surface area (TPSA) is 118 Å². The van der Waals surface area contributed by atoms with Gasteiger partial charge in [-0.25, -0.2) is 0 Å². The fourth-order valence-electron chi connectivity index (χ4n) is 1.55. The molecule has 0 spiro atoms. The van der Waals surface area contributed by atoms with Crippen LogP contribution >= 0.6 is 0 Å². The van der Waals surface area contributed by atoms with Crippen molar-refractivity contribution in [3.05, 3.63) is 0 Å². The fourth-order valence-corrected chi connectivity index (χ4v) is 1.55. The van der Waals surface area contributed by atoms with Crippen LogP contribution in [0.2, 0.25) is 0 Å². The van der Waals surface area contributed by atoms with Gasteiger partial charge in [0.1, 0.15) is 6.10 Å². The molecule has 0 amide bonds. The van der Waals surface area contributed by atoms with Gasteiger partial charge in [-0.05, 0) is 27.7 Å². The van der Waals surface area contributed by atoms with E-state index in [1.165, 1.54) is 0 Å². The Labute approximate surface area is 137 Å². The Balaban J connectivity index is 4.69. The van der Waals surface area contributed by atoms with Crippen LogP contribution in [-0.4, -0.2) is 90.3 Å². The van der Waals surface area contributed by atoms with Crippen molar-refractivity contribution in [3.63, 3.8) is 0 Å². The summed E-state index contributed by atoms with van der Waals surface area (Å²) in [6.07, 6.45) is -4.24. The van der Waals surface area contributed by atoms with E-state index in [1.807, 2.05) is 0 Å². The Morgan fingerprint density at radius 3 is 1.35 bits per heavy atom. The lowest BCUT2D eigenvalue weighted by Crippen LogP contribution is -2.41. The molecule has 0 radical (unpaired) electrons. The van der Waals surface area contributed by atoms with Gasteiger partial charge in [-0.15, -0.1) is 0 Å². The van der Waals surface area contributed by atoms with Crippen molar-refractivity contribution in [2.24, 2.45) is 0 Å². The number of aliphatic hydroxyl groups is 4. The summed E-state index contributed by atoms with van der Waals surface area (Å²) < 4.78 is 21.8. The van der Waals surface area contributed by atoms with Crippen molar-refractivity contribution in [2.45, 2.75) is 64.5 Å². The Hall–Kier alpha value is -0.320. The zero-order valence-corrected chi connectivity index (χ0v) is 14.4. The third-order valence-corrected chi connectivity index (χ3v) is 2.50. The molecule has 0 bridgehead atoms. The average molecular weight is 340 g/mol. The molecular formula is C15H32O8. The molecule has 0 saturated carbocycles. The predicted molar refractivity (Wildman–Crippen MR) is 83.0 cm³/mol. The van der Waals surface area contributed by atoms with Crippen molar-refractivity contribution in [2.75, 3.05) is 33.0 Å². The van der Waals surface area contributed by atoms with Crippen molar-refractivity contribution < 1.29 is 39.4 Å². The molecule has 8 heteroatoms. The lowest BCUT2D eigenvalue weighted by atomic mass is 10.3. The quantitative estimate of drug-likeness (QED) is 0.306. The van der Waals surface area contributed by atoms with E-state index in [0.29, 0.717) is 0 Å². The first-order valence-electron chi connectivity index (χ1n) is 7.87. The van der Waals surface area contributed by atoms with Crippen LogP contribution in [0.25, 0.3) is 0 Å². The standard InChI is InChI=1S/C15H32O8/c1-10(16)5-20-9-14(21-6-11(2)17)15(22-7-12(3)18)23-8-13(4)19/h10-19H,5-9H2,1-4H3. The molecule has 140 valence electrons. The van der Waals surface area contributed by atoms with E-state index in [4.69, 9.17) is 18.9 Å². The summed E-state index contributed by atoms with van der Waals surface area (Å²) in [5.74, 6) is 0. The molecular weight excluding hydrogens is 308 g/mol. The highest BCUT2D eigenvalue weighted by atomic mass is 16.7. The third kappa shape index (κ3) is 13.8. The largest absolute Gasteiger partial charge is 0.391 e. The molecule has 0 aliphatic carbocycles. The van der Waals surface area contributed by atoms with Crippen molar-refractivity contribution in [1.29, 1.82) is 0 Å². The van der Waals surface area contributed by atoms with Crippen LogP contribution in [0.1, 0.15) is 27.7 Å². The second-order valence-electron chi connectivity index (χ2n) is 5.84. The summed E-state index contributed by atoms with van der Waals surface area (Å²) in [5.41, 5.74) is 0. The molecule has 0 heterocycles. The van der Waals surface area contributed by atoms with E-state index in [-0.39, 0.29) is 33.0 Å². The van der Waals surface area contributed by atoms with E-state index in [2.05, 4.69) is 0 Å². The van der Waals surface area contributed by atoms with Gasteiger partial charge in [-0.2, -0.15) is 0 Å². The zero-order chi connectivity index (χ0) is 17.8. The molecule has 0 aromatic carbocycles. The Morgan fingerprint density at radius 2 is 0.957 bits per heavy atom. The maximum absolute atomic E-state index is 9.37. The van der Waals surface area contributed by atoms with Crippen molar-refractivity contribution in [3.8, 4) is 0 Å². The van der Waals surface area contributed by atoms with Gasteiger partial charge in [0.15, 0.2) is 6.29 Å². The van der Waals surface area contributed by atoms with Gasteiger partial charge in [0.25, 0.3) is 0 Å². The molecule has 4 N–H and O–H groups in total. The van der Waals surface area contributed by atoms with Gasteiger partial charge >= 0.3 is 0 Å². The molecule has 0 aromatic rings. The monoisotopic (exact) mass is 340 g/mol. The molecule has 0 rings (SSSR count). The number of hydrogen-bond acceptors (Lipinski definition) is 8. The van der Waals surface area contributed by atoms with Gasteiger partial charge < -0.3 is 39.4 Å². The van der Waals surface area contributed by atoms with Gasteiger partial charge in [0, 0.05) is 0 Å². The van der Waals surface area contributed by atoms with E-state index in [9.17, 15) is 20.4 Å². The van der Waals surface area contributed by atoms with Crippen LogP contribution in [0.15, 0.2) is 0 Å². The van der Waals surface area contributed by atoms with Crippen LogP contribution in [0.5, 0.6) is 0 Å². The van der Waals surface area contributed by atoms with E-state index in [1.54, 1.807) is 27.7 Å². The highest BCUT2D eigenvalue weighted by Crippen LogP contribution is 2.10. The second-order valence-corrected chi connectivity index (χ2v) is 5.84. The lowest BCUT2D eigenvalue weighted by molar-refractivity contribution is -0.236. The molecule has 23 heavy (non-hydrogen) atoms. The van der Waals surface area contributed by atoms with Crippen molar-refractivity contribution in [1.82, 2.24) is 0 Å². The molecule has 5 atom stereocenters. The smallest absolute Gasteiger partial charge is 0.186 e. The minimum absolute atomic E-state index is 0.0232. The fraction of sp³-hybridized carbons (Fsp3) is 1.00. The first-order valence-corrected chi connectivity index (χ1v) is 7.87. The summed E-state index contributed by atoms with van der Waals surface area (Å²) in [4.78, 5) is 0. The van der Waals surface area contributed by atoms with Gasteiger partial charge in [-0.3, -0.25) is 0 Å². The Bertz CT molecular complexity index is 258. The number of rotatable bonds is 14. The summed E-state index contributed by atoms with van der Waals surface area (Å²) in [6.45, 7) is 6.60. The zero-order valence-electron chi connectivity index (χ0n) is 14.4. The third-order valence-electron chi connectivity index (χ3n) is 2.50. The number of hydrogen-bond donors (Lipinski definition) is 4. The van der Waals surface area contributed by atoms with Crippen LogP contribution in [0.3, 0.4) is 0 Å². The summed E-state index contributed by atoms with van der Waals surface area (Å²) in [5, 5.41) is 37.3. The van der Waals surface area contributed by atoms with Crippen LogP contribution < -0.4 is 0 Å². The highest BCUT2D eigenvalue weighted by Gasteiger charge is 2.26. The summed E-state index contributed by atoms with van der Waals surface area (Å²) in [6, 6.07) is 0. The van der Waals surface area contributed by atoms with E-state index in [0.717, 1.165) is 0 Å². The van der Waals surface area contributed by atoms with Crippen molar-refractivity contribution >= 4 is 0 Å². The summed E-state index contributed by atoms with van der Waals surface area (Å²) >= 11 is 0. The molecule has 0 aliphatic heterocycles. The number of aliphatic hydroxyl groups excluding tert-OH is 4. The van der Waals surface area contributed by atoms with Crippen LogP contribution in [-0.2, 0) is 18.9 Å². The van der Waals surface area contributed by atoms with Crippen LogP contribution in [0, 0.1) is 0 Å². The minimum atomic E-state index is -0.882. The average Bonchev–Trinajstić information content (AvgIpc) is 2.42. The van der Waals surface area contributed by atoms with E-state index >= 15 is 0 Å². The SMILES string of the molecule is CC(O)COCC(OCC(C)O)C(OCC(C)O)OCC(C)O. The first-order chi connectivity index (χ1) is 10.7. The predicted octanol–water partition coefficient (Wildman–Crippen LogP) is -0.729. The van der Waals surface area contributed by atoms with Crippen LogP contribution in [0.4, 0.5) is 0 Å². The molecule has 0 saturated heterocycles. The van der Waals surface area contributed by atoms with E-state index < -0.39 is 36.8 Å².